The topological polar surface area (TPSA) is 106 Å². The molecule has 0 saturated carbocycles. The molecule has 3 rings (SSSR count). The monoisotopic (exact) mass is 304 g/mol. The largest absolute Gasteiger partial charge is 0.384 e. The fourth-order valence-electron chi connectivity index (χ4n) is 2.60. The maximum Gasteiger partial charge on any atom is 0.268 e. The summed E-state index contributed by atoms with van der Waals surface area (Å²) in [7, 11) is 0. The zero-order valence-electron chi connectivity index (χ0n) is 11.7. The summed E-state index contributed by atoms with van der Waals surface area (Å²) in [5.74, 6) is -0.556. The zero-order chi connectivity index (χ0) is 16.6. The van der Waals surface area contributed by atoms with Crippen LogP contribution >= 0.6 is 0 Å². The van der Waals surface area contributed by atoms with E-state index in [2.05, 4.69) is 4.98 Å². The first-order valence-corrected chi connectivity index (χ1v) is 6.62. The van der Waals surface area contributed by atoms with Gasteiger partial charge in [0.2, 0.25) is 0 Å². The van der Waals surface area contributed by atoms with Gasteiger partial charge >= 0.3 is 0 Å². The SMILES string of the molecule is N#Cc1c(N)[nH]c(=O)c(C#N)c1-c1cccc2c(F)cccc12. The summed E-state index contributed by atoms with van der Waals surface area (Å²) in [6.45, 7) is 0. The number of halogens is 1. The van der Waals surface area contributed by atoms with Crippen LogP contribution < -0.4 is 11.3 Å². The number of anilines is 1. The average Bonchev–Trinajstić information content (AvgIpc) is 2.54. The molecule has 23 heavy (non-hydrogen) atoms. The van der Waals surface area contributed by atoms with E-state index in [1.807, 2.05) is 6.07 Å². The molecular weight excluding hydrogens is 295 g/mol. The molecule has 5 nitrogen and oxygen atoms in total. The van der Waals surface area contributed by atoms with Crippen molar-refractivity contribution in [1.82, 2.24) is 4.98 Å². The fourth-order valence-corrected chi connectivity index (χ4v) is 2.60. The van der Waals surface area contributed by atoms with Gasteiger partial charge in [-0.1, -0.05) is 30.3 Å². The second-order valence-corrected chi connectivity index (χ2v) is 4.86. The number of H-pyrrole nitrogens is 1. The van der Waals surface area contributed by atoms with Gasteiger partial charge in [0.25, 0.3) is 5.56 Å². The first-order valence-electron chi connectivity index (χ1n) is 6.62. The van der Waals surface area contributed by atoms with Gasteiger partial charge in [-0.3, -0.25) is 4.79 Å². The molecule has 1 heterocycles. The van der Waals surface area contributed by atoms with Crippen molar-refractivity contribution in [2.45, 2.75) is 0 Å². The molecule has 0 atom stereocenters. The summed E-state index contributed by atoms with van der Waals surface area (Å²) >= 11 is 0. The van der Waals surface area contributed by atoms with Gasteiger partial charge in [-0.2, -0.15) is 10.5 Å². The van der Waals surface area contributed by atoms with E-state index in [1.165, 1.54) is 12.1 Å². The molecule has 1 aromatic heterocycles. The molecular formula is C17H9FN4O. The van der Waals surface area contributed by atoms with Crippen LogP contribution in [0.1, 0.15) is 11.1 Å². The van der Waals surface area contributed by atoms with Gasteiger partial charge in [-0.25, -0.2) is 4.39 Å². The molecule has 6 heteroatoms. The molecule has 0 aliphatic carbocycles. The van der Waals surface area contributed by atoms with Crippen molar-refractivity contribution in [1.29, 1.82) is 10.5 Å². The Morgan fingerprint density at radius 3 is 2.35 bits per heavy atom. The van der Waals surface area contributed by atoms with Crippen LogP contribution in [0.5, 0.6) is 0 Å². The number of aromatic nitrogens is 1. The van der Waals surface area contributed by atoms with Crippen molar-refractivity contribution in [2.24, 2.45) is 0 Å². The molecule has 0 spiro atoms. The molecule has 110 valence electrons. The average molecular weight is 304 g/mol. The maximum atomic E-state index is 14.0. The van der Waals surface area contributed by atoms with Crippen molar-refractivity contribution in [2.75, 3.05) is 5.73 Å². The predicted octanol–water partition coefficient (Wildman–Crippen LogP) is 2.66. The van der Waals surface area contributed by atoms with E-state index < -0.39 is 11.4 Å². The number of hydrogen-bond donors (Lipinski definition) is 2. The Labute approximate surface area is 130 Å². The predicted molar refractivity (Wildman–Crippen MR) is 83.8 cm³/mol. The highest BCUT2D eigenvalue weighted by Gasteiger charge is 2.20. The van der Waals surface area contributed by atoms with E-state index in [-0.39, 0.29) is 22.5 Å². The number of pyridine rings is 1. The lowest BCUT2D eigenvalue weighted by Crippen LogP contribution is -2.16. The van der Waals surface area contributed by atoms with Crippen molar-refractivity contribution >= 4 is 16.6 Å². The first kappa shape index (κ1) is 14.3. The Kier molecular flexibility index (Phi) is 3.29. The van der Waals surface area contributed by atoms with Crippen molar-refractivity contribution in [3.63, 3.8) is 0 Å². The van der Waals surface area contributed by atoms with Crippen LogP contribution in [0.4, 0.5) is 10.2 Å². The van der Waals surface area contributed by atoms with Crippen LogP contribution in [0.25, 0.3) is 21.9 Å². The lowest BCUT2D eigenvalue weighted by molar-refractivity contribution is 0.640. The van der Waals surface area contributed by atoms with E-state index in [0.717, 1.165) is 0 Å². The van der Waals surface area contributed by atoms with Crippen LogP contribution in [0, 0.1) is 28.5 Å². The quantitative estimate of drug-likeness (QED) is 0.720. The highest BCUT2D eigenvalue weighted by Crippen LogP contribution is 2.34. The lowest BCUT2D eigenvalue weighted by Gasteiger charge is -2.11. The van der Waals surface area contributed by atoms with Gasteiger partial charge in [0.15, 0.2) is 0 Å². The molecule has 0 unspecified atom stereocenters. The maximum absolute atomic E-state index is 14.0. The number of aromatic amines is 1. The van der Waals surface area contributed by atoms with Crippen LogP contribution in [0.15, 0.2) is 41.2 Å². The molecule has 0 amide bonds. The number of hydrogen-bond acceptors (Lipinski definition) is 4. The summed E-state index contributed by atoms with van der Waals surface area (Å²) in [5, 5.41) is 19.5. The van der Waals surface area contributed by atoms with E-state index in [4.69, 9.17) is 5.73 Å². The second kappa shape index (κ2) is 5.28. The molecule has 0 radical (unpaired) electrons. The Hall–Kier alpha value is -3.64. The van der Waals surface area contributed by atoms with Gasteiger partial charge in [0.1, 0.15) is 34.9 Å². The molecule has 0 bridgehead atoms. The van der Waals surface area contributed by atoms with Crippen LogP contribution in [0.2, 0.25) is 0 Å². The lowest BCUT2D eigenvalue weighted by atomic mass is 9.92. The third-order valence-corrected chi connectivity index (χ3v) is 3.61. The standard InChI is InChI=1S/C17H9FN4O/c18-14-6-2-3-9-10(14)4-1-5-11(9)15-12(7-19)16(21)22-17(23)13(15)8-20/h1-6H,(H3,21,22,23). The molecule has 0 saturated heterocycles. The number of nitrogens with zero attached hydrogens (tertiary/aromatic N) is 2. The van der Waals surface area contributed by atoms with Gasteiger partial charge in [0, 0.05) is 10.9 Å². The highest BCUT2D eigenvalue weighted by molar-refractivity contribution is 6.00. The zero-order valence-corrected chi connectivity index (χ0v) is 11.7. The molecule has 3 N–H and O–H groups in total. The van der Waals surface area contributed by atoms with Crippen LogP contribution in [0.3, 0.4) is 0 Å². The second-order valence-electron chi connectivity index (χ2n) is 4.86. The number of nitrogen functional groups attached to an aromatic ring is 1. The third kappa shape index (κ3) is 2.10. The molecule has 2 aromatic carbocycles. The Morgan fingerprint density at radius 1 is 1.00 bits per heavy atom. The Morgan fingerprint density at radius 2 is 1.65 bits per heavy atom. The summed E-state index contributed by atoms with van der Waals surface area (Å²) in [6, 6.07) is 13.0. The Bertz CT molecular complexity index is 1090. The summed E-state index contributed by atoms with van der Waals surface area (Å²) in [4.78, 5) is 14.3. The minimum Gasteiger partial charge on any atom is -0.384 e. The smallest absolute Gasteiger partial charge is 0.268 e. The summed E-state index contributed by atoms with van der Waals surface area (Å²) < 4.78 is 14.0. The van der Waals surface area contributed by atoms with Crippen molar-refractivity contribution in [3.05, 3.63) is 63.7 Å². The van der Waals surface area contributed by atoms with Crippen LogP contribution in [-0.2, 0) is 0 Å². The third-order valence-electron chi connectivity index (χ3n) is 3.61. The number of nitrogens with one attached hydrogen (secondary N) is 1. The normalized spacial score (nSPS) is 10.2. The number of nitriles is 2. The molecule has 0 fully saturated rings. The van der Waals surface area contributed by atoms with E-state index in [0.29, 0.717) is 16.3 Å². The molecule has 0 aliphatic rings. The summed E-state index contributed by atoms with van der Waals surface area (Å²) in [5.41, 5.74) is 5.30. The Balaban J connectivity index is 2.56. The number of nitrogens with two attached hydrogens (primary N) is 1. The van der Waals surface area contributed by atoms with Gasteiger partial charge in [-0.05, 0) is 17.0 Å². The number of fused-ring (bicyclic) bond motifs is 1. The van der Waals surface area contributed by atoms with Gasteiger partial charge < -0.3 is 10.7 Å². The first-order chi connectivity index (χ1) is 11.1. The summed E-state index contributed by atoms with van der Waals surface area (Å²) in [6.07, 6.45) is 0. The highest BCUT2D eigenvalue weighted by atomic mass is 19.1. The van der Waals surface area contributed by atoms with Gasteiger partial charge in [-0.15, -0.1) is 0 Å². The van der Waals surface area contributed by atoms with Gasteiger partial charge in [0.05, 0.1) is 0 Å². The molecule has 0 aliphatic heterocycles. The number of rotatable bonds is 1. The van der Waals surface area contributed by atoms with E-state index in [9.17, 15) is 19.7 Å². The van der Waals surface area contributed by atoms with Crippen molar-refractivity contribution < 1.29 is 4.39 Å². The minimum absolute atomic E-state index is 0.0158. The van der Waals surface area contributed by atoms with Crippen LogP contribution in [-0.4, -0.2) is 4.98 Å². The van der Waals surface area contributed by atoms with E-state index >= 15 is 0 Å². The number of benzene rings is 2. The minimum atomic E-state index is -0.688. The van der Waals surface area contributed by atoms with Crippen molar-refractivity contribution in [3.8, 4) is 23.3 Å². The van der Waals surface area contributed by atoms with E-state index in [1.54, 1.807) is 30.3 Å². The fraction of sp³-hybridized carbons (Fsp3) is 0. The molecule has 3 aromatic rings.